The second-order valence-corrected chi connectivity index (χ2v) is 7.70. The zero-order valence-electron chi connectivity index (χ0n) is 16.2. The summed E-state index contributed by atoms with van der Waals surface area (Å²) in [6.07, 6.45) is 0. The Labute approximate surface area is 189 Å². The molecule has 0 saturated heterocycles. The van der Waals surface area contributed by atoms with Crippen LogP contribution in [0.2, 0.25) is 10.0 Å². The minimum atomic E-state index is -0.113. The van der Waals surface area contributed by atoms with Gasteiger partial charge in [0.25, 0.3) is 0 Å². The monoisotopic (exact) mass is 446 g/mol. The Hall–Kier alpha value is -3.40. The van der Waals surface area contributed by atoms with Crippen molar-refractivity contribution in [1.29, 1.82) is 0 Å². The van der Waals surface area contributed by atoms with Gasteiger partial charge >= 0.3 is 0 Å². The van der Waals surface area contributed by atoms with Crippen LogP contribution in [0.5, 0.6) is 11.5 Å². The summed E-state index contributed by atoms with van der Waals surface area (Å²) in [5, 5.41) is 1.03. The molecule has 152 valence electrons. The van der Waals surface area contributed by atoms with Crippen LogP contribution in [0.25, 0.3) is 0 Å². The maximum Gasteiger partial charge on any atom is 0.193 e. The number of ether oxygens (including phenoxy) is 1. The minimum absolute atomic E-state index is 0.113. The molecule has 0 aromatic heterocycles. The van der Waals surface area contributed by atoms with E-state index in [0.29, 0.717) is 43.8 Å². The van der Waals surface area contributed by atoms with E-state index in [9.17, 15) is 9.59 Å². The zero-order chi connectivity index (χ0) is 21.8. The largest absolute Gasteiger partial charge is 0.457 e. The second kappa shape index (κ2) is 9.17. The summed E-state index contributed by atoms with van der Waals surface area (Å²) in [7, 11) is 0. The Kier molecular flexibility index (Phi) is 6.17. The van der Waals surface area contributed by atoms with E-state index in [1.165, 1.54) is 0 Å². The summed E-state index contributed by atoms with van der Waals surface area (Å²) in [4.78, 5) is 25.1. The highest BCUT2D eigenvalue weighted by molar-refractivity contribution is 6.31. The van der Waals surface area contributed by atoms with E-state index in [1.54, 1.807) is 97.1 Å². The Balaban J connectivity index is 1.45. The molecule has 31 heavy (non-hydrogen) atoms. The third-order valence-corrected chi connectivity index (χ3v) is 5.11. The average Bonchev–Trinajstić information content (AvgIpc) is 2.79. The lowest BCUT2D eigenvalue weighted by Crippen LogP contribution is -2.01. The quantitative estimate of drug-likeness (QED) is 0.293. The number of ketones is 2. The van der Waals surface area contributed by atoms with Gasteiger partial charge in [0.15, 0.2) is 11.6 Å². The molecule has 0 radical (unpaired) electrons. The Bertz CT molecular complexity index is 1150. The van der Waals surface area contributed by atoms with Gasteiger partial charge in [-0.25, -0.2) is 0 Å². The van der Waals surface area contributed by atoms with Gasteiger partial charge in [-0.1, -0.05) is 47.5 Å². The van der Waals surface area contributed by atoms with Crippen LogP contribution in [-0.2, 0) is 0 Å². The highest BCUT2D eigenvalue weighted by Crippen LogP contribution is 2.24. The normalized spacial score (nSPS) is 10.5. The average molecular weight is 447 g/mol. The summed E-state index contributed by atoms with van der Waals surface area (Å²) in [5.41, 5.74) is 2.14. The van der Waals surface area contributed by atoms with Crippen molar-refractivity contribution in [2.75, 3.05) is 0 Å². The first-order valence-electron chi connectivity index (χ1n) is 9.48. The van der Waals surface area contributed by atoms with Gasteiger partial charge in [0.1, 0.15) is 11.5 Å². The maximum absolute atomic E-state index is 12.6. The fourth-order valence-electron chi connectivity index (χ4n) is 3.08. The molecule has 0 aliphatic heterocycles. The molecule has 4 aromatic rings. The maximum atomic E-state index is 12.6. The number of carbonyl (C=O) groups is 2. The van der Waals surface area contributed by atoms with Gasteiger partial charge in [-0.3, -0.25) is 9.59 Å². The second-order valence-electron chi connectivity index (χ2n) is 6.83. The number of hydrogen-bond donors (Lipinski definition) is 0. The van der Waals surface area contributed by atoms with E-state index in [2.05, 4.69) is 0 Å². The third-order valence-electron chi connectivity index (χ3n) is 4.64. The minimum Gasteiger partial charge on any atom is -0.457 e. The number of hydrogen-bond acceptors (Lipinski definition) is 3. The van der Waals surface area contributed by atoms with Crippen LogP contribution in [0.1, 0.15) is 31.8 Å². The van der Waals surface area contributed by atoms with Crippen molar-refractivity contribution in [3.8, 4) is 11.5 Å². The van der Waals surface area contributed by atoms with E-state index in [-0.39, 0.29) is 11.6 Å². The van der Waals surface area contributed by atoms with Crippen molar-refractivity contribution in [2.24, 2.45) is 0 Å². The SMILES string of the molecule is O=C(c1ccc(Oc2ccc(C(=O)c3cccc(Cl)c3)cc2)cc1)c1cccc(Cl)c1. The molecule has 0 unspecified atom stereocenters. The molecule has 0 amide bonds. The van der Waals surface area contributed by atoms with Crippen LogP contribution in [0.15, 0.2) is 97.1 Å². The zero-order valence-corrected chi connectivity index (χ0v) is 17.7. The number of benzene rings is 4. The molecule has 4 rings (SSSR count). The lowest BCUT2D eigenvalue weighted by molar-refractivity contribution is 0.103. The summed E-state index contributed by atoms with van der Waals surface area (Å²) >= 11 is 11.9. The van der Waals surface area contributed by atoms with E-state index < -0.39 is 0 Å². The number of rotatable bonds is 6. The summed E-state index contributed by atoms with van der Waals surface area (Å²) < 4.78 is 5.83. The molecule has 0 heterocycles. The van der Waals surface area contributed by atoms with Crippen LogP contribution >= 0.6 is 23.2 Å². The number of carbonyl (C=O) groups excluding carboxylic acids is 2. The Morgan fingerprint density at radius 1 is 0.516 bits per heavy atom. The molecule has 0 aliphatic rings. The van der Waals surface area contributed by atoms with Gasteiger partial charge in [-0.15, -0.1) is 0 Å². The van der Waals surface area contributed by atoms with Gasteiger partial charge in [-0.2, -0.15) is 0 Å². The van der Waals surface area contributed by atoms with Crippen LogP contribution in [0.4, 0.5) is 0 Å². The lowest BCUT2D eigenvalue weighted by atomic mass is 10.0. The first kappa shape index (κ1) is 20.9. The summed E-state index contributed by atoms with van der Waals surface area (Å²) in [6, 6.07) is 27.4. The molecule has 0 N–H and O–H groups in total. The molecular formula is C26H16Cl2O3. The molecule has 5 heteroatoms. The van der Waals surface area contributed by atoms with Crippen LogP contribution in [-0.4, -0.2) is 11.6 Å². The van der Waals surface area contributed by atoms with Crippen molar-refractivity contribution in [3.63, 3.8) is 0 Å². The fraction of sp³-hybridized carbons (Fsp3) is 0. The topological polar surface area (TPSA) is 43.4 Å². The van der Waals surface area contributed by atoms with Crippen molar-refractivity contribution >= 4 is 34.8 Å². The molecule has 3 nitrogen and oxygen atoms in total. The lowest BCUT2D eigenvalue weighted by Gasteiger charge is -2.08. The number of halogens is 2. The van der Waals surface area contributed by atoms with E-state index in [4.69, 9.17) is 27.9 Å². The Morgan fingerprint density at radius 2 is 0.903 bits per heavy atom. The van der Waals surface area contributed by atoms with Gasteiger partial charge in [0.2, 0.25) is 0 Å². The van der Waals surface area contributed by atoms with Crippen molar-refractivity contribution in [1.82, 2.24) is 0 Å². The first-order chi connectivity index (χ1) is 15.0. The van der Waals surface area contributed by atoms with Crippen LogP contribution in [0, 0.1) is 0 Å². The van der Waals surface area contributed by atoms with Gasteiger partial charge < -0.3 is 4.74 Å². The fourth-order valence-corrected chi connectivity index (χ4v) is 3.46. The predicted molar refractivity (Wildman–Crippen MR) is 123 cm³/mol. The van der Waals surface area contributed by atoms with Crippen LogP contribution in [0.3, 0.4) is 0 Å². The molecule has 0 atom stereocenters. The van der Waals surface area contributed by atoms with E-state index in [1.807, 2.05) is 0 Å². The first-order valence-corrected chi connectivity index (χ1v) is 10.2. The molecule has 0 aliphatic carbocycles. The smallest absolute Gasteiger partial charge is 0.193 e. The standard InChI is InChI=1S/C26H16Cl2O3/c27-21-5-1-3-19(15-21)25(29)17-7-11-23(12-8-17)31-24-13-9-18(10-14-24)26(30)20-4-2-6-22(28)16-20/h1-16H. The van der Waals surface area contributed by atoms with Crippen molar-refractivity contribution < 1.29 is 14.3 Å². The molecule has 4 aromatic carbocycles. The van der Waals surface area contributed by atoms with Crippen LogP contribution < -0.4 is 4.74 Å². The highest BCUT2D eigenvalue weighted by atomic mass is 35.5. The van der Waals surface area contributed by atoms with Gasteiger partial charge in [0.05, 0.1) is 0 Å². The molecular weight excluding hydrogens is 431 g/mol. The predicted octanol–water partition coefficient (Wildman–Crippen LogP) is 7.25. The molecule has 0 bridgehead atoms. The summed E-state index contributed by atoms with van der Waals surface area (Å²) in [6.45, 7) is 0. The van der Waals surface area contributed by atoms with Crippen molar-refractivity contribution in [2.45, 2.75) is 0 Å². The van der Waals surface area contributed by atoms with Gasteiger partial charge in [-0.05, 0) is 72.8 Å². The van der Waals surface area contributed by atoms with E-state index >= 15 is 0 Å². The van der Waals surface area contributed by atoms with E-state index in [0.717, 1.165) is 0 Å². The highest BCUT2D eigenvalue weighted by Gasteiger charge is 2.11. The molecule has 0 fully saturated rings. The molecule has 0 saturated carbocycles. The molecule has 0 spiro atoms. The summed E-state index contributed by atoms with van der Waals surface area (Å²) in [5.74, 6) is 0.934. The third kappa shape index (κ3) is 5.02. The Morgan fingerprint density at radius 3 is 1.26 bits per heavy atom. The van der Waals surface area contributed by atoms with Crippen molar-refractivity contribution in [3.05, 3.63) is 129 Å². The van der Waals surface area contributed by atoms with Gasteiger partial charge in [0, 0.05) is 32.3 Å².